The fourth-order valence-electron chi connectivity index (χ4n) is 5.46. The third-order valence-electron chi connectivity index (χ3n) is 7.25. The van der Waals surface area contributed by atoms with Gasteiger partial charge in [-0.3, -0.25) is 19.3 Å². The Morgan fingerprint density at radius 3 is 2.81 bits per heavy atom. The number of likely N-dealkylation sites (tertiary alicyclic amines) is 1. The van der Waals surface area contributed by atoms with Gasteiger partial charge in [0.1, 0.15) is 11.6 Å². The normalized spacial score (nSPS) is 21.4. The molecule has 9 heteroatoms. The molecule has 0 spiro atoms. The molecule has 1 amide bonds. The van der Waals surface area contributed by atoms with Crippen molar-refractivity contribution in [1.29, 1.82) is 0 Å². The summed E-state index contributed by atoms with van der Waals surface area (Å²) in [6.07, 6.45) is 7.32. The van der Waals surface area contributed by atoms with Crippen molar-refractivity contribution >= 4 is 11.9 Å². The molecular formula is C27H38N4O5. The van der Waals surface area contributed by atoms with E-state index in [9.17, 15) is 14.7 Å². The zero-order chi connectivity index (χ0) is 25.7. The van der Waals surface area contributed by atoms with Gasteiger partial charge in [0, 0.05) is 57.3 Å². The molecule has 1 aromatic heterocycles. The molecule has 3 heterocycles. The van der Waals surface area contributed by atoms with E-state index < -0.39 is 11.9 Å². The number of carbonyl (C=O) groups excluding carboxylic acids is 1. The molecule has 2 aliphatic rings. The van der Waals surface area contributed by atoms with Gasteiger partial charge in [-0.2, -0.15) is 0 Å². The maximum absolute atomic E-state index is 13.3. The van der Waals surface area contributed by atoms with E-state index in [1.54, 1.807) is 6.20 Å². The van der Waals surface area contributed by atoms with Gasteiger partial charge in [-0.05, 0) is 36.5 Å². The summed E-state index contributed by atoms with van der Waals surface area (Å²) in [6.45, 7) is 6.29. The van der Waals surface area contributed by atoms with E-state index in [0.29, 0.717) is 39.1 Å². The first-order valence-corrected chi connectivity index (χ1v) is 13.0. The Kier molecular flexibility index (Phi) is 8.64. The minimum atomic E-state index is -0.829. The van der Waals surface area contributed by atoms with E-state index in [-0.39, 0.29) is 24.4 Å². The van der Waals surface area contributed by atoms with Gasteiger partial charge in [-0.15, -0.1) is 0 Å². The molecule has 1 unspecified atom stereocenters. The number of hydrogen-bond acceptors (Lipinski definition) is 6. The van der Waals surface area contributed by atoms with E-state index in [4.69, 9.17) is 9.57 Å². The minimum absolute atomic E-state index is 0.126. The average molecular weight is 499 g/mol. The van der Waals surface area contributed by atoms with E-state index in [0.717, 1.165) is 42.0 Å². The van der Waals surface area contributed by atoms with Gasteiger partial charge >= 0.3 is 5.97 Å². The van der Waals surface area contributed by atoms with Crippen LogP contribution in [-0.2, 0) is 34.3 Å². The van der Waals surface area contributed by atoms with Crippen LogP contribution in [0.3, 0.4) is 0 Å². The molecule has 2 aliphatic heterocycles. The quantitative estimate of drug-likeness (QED) is 0.449. The minimum Gasteiger partial charge on any atom is -0.493 e. The molecule has 0 radical (unpaired) electrons. The molecule has 1 N–H and O–H groups in total. The van der Waals surface area contributed by atoms with E-state index >= 15 is 0 Å². The molecule has 4 rings (SSSR count). The summed E-state index contributed by atoms with van der Waals surface area (Å²) in [7, 11) is 1.94. The number of hydrogen-bond donors (Lipinski definition) is 1. The monoisotopic (exact) mass is 498 g/mol. The Bertz CT molecular complexity index is 1050. The van der Waals surface area contributed by atoms with Crippen molar-refractivity contribution in [3.8, 4) is 5.75 Å². The van der Waals surface area contributed by atoms with Crippen LogP contribution in [0.5, 0.6) is 5.75 Å². The van der Waals surface area contributed by atoms with E-state index in [1.807, 2.05) is 43.8 Å². The standard InChI is InChI=1S/C27H38N4O5/c1-4-12-31(36-14-5-2)25(32)18-30-17-21(19-6-8-23-20(16-19)10-15-35-23)26(27(33)34)22(30)7-9-24-28-11-13-29(24)3/h6,8,11,13,16,21-22,26H,4-5,7,9-10,12,14-15,17-18H2,1-3H3,(H,33,34)/t21-,22+,26?/m1/s1. The fraction of sp³-hybridized carbons (Fsp3) is 0.593. The largest absolute Gasteiger partial charge is 0.493 e. The Balaban J connectivity index is 1.60. The summed E-state index contributed by atoms with van der Waals surface area (Å²) in [6, 6.07) is 5.74. The van der Waals surface area contributed by atoms with Crippen LogP contribution >= 0.6 is 0 Å². The van der Waals surface area contributed by atoms with Crippen LogP contribution in [0, 0.1) is 5.92 Å². The average Bonchev–Trinajstić information content (AvgIpc) is 3.58. The van der Waals surface area contributed by atoms with Gasteiger partial charge < -0.3 is 14.4 Å². The highest BCUT2D eigenvalue weighted by Crippen LogP contribution is 2.41. The highest BCUT2D eigenvalue weighted by atomic mass is 16.7. The van der Waals surface area contributed by atoms with Gasteiger partial charge in [-0.1, -0.05) is 26.0 Å². The molecule has 0 bridgehead atoms. The second-order valence-electron chi connectivity index (χ2n) is 9.76. The lowest BCUT2D eigenvalue weighted by Crippen LogP contribution is -2.44. The van der Waals surface area contributed by atoms with E-state index in [2.05, 4.69) is 16.0 Å². The molecule has 1 fully saturated rings. The lowest BCUT2D eigenvalue weighted by Gasteiger charge is -2.29. The lowest BCUT2D eigenvalue weighted by molar-refractivity contribution is -0.188. The van der Waals surface area contributed by atoms with Crippen LogP contribution in [0.2, 0.25) is 0 Å². The molecule has 196 valence electrons. The summed E-state index contributed by atoms with van der Waals surface area (Å²) in [5.41, 5.74) is 2.12. The van der Waals surface area contributed by atoms with Gasteiger partial charge in [0.2, 0.25) is 0 Å². The number of carbonyl (C=O) groups is 2. The number of rotatable bonds is 12. The summed E-state index contributed by atoms with van der Waals surface area (Å²) in [5, 5.41) is 11.8. The summed E-state index contributed by atoms with van der Waals surface area (Å²) in [5.74, 6) is -0.0188. The van der Waals surface area contributed by atoms with Gasteiger partial charge in [0.05, 0.1) is 25.7 Å². The molecule has 36 heavy (non-hydrogen) atoms. The topological polar surface area (TPSA) is 97.1 Å². The predicted molar refractivity (Wildman–Crippen MR) is 135 cm³/mol. The number of fused-ring (bicyclic) bond motifs is 1. The van der Waals surface area contributed by atoms with E-state index in [1.165, 1.54) is 5.06 Å². The maximum Gasteiger partial charge on any atom is 0.308 e. The number of aryl methyl sites for hydroxylation is 2. The van der Waals surface area contributed by atoms with Gasteiger partial charge in [0.25, 0.3) is 5.91 Å². The number of aromatic nitrogens is 2. The Labute approximate surface area is 213 Å². The highest BCUT2D eigenvalue weighted by Gasteiger charge is 2.47. The zero-order valence-electron chi connectivity index (χ0n) is 21.6. The number of carboxylic acids is 1. The van der Waals surface area contributed by atoms with Crippen LogP contribution in [0.15, 0.2) is 30.6 Å². The predicted octanol–water partition coefficient (Wildman–Crippen LogP) is 3.04. The van der Waals surface area contributed by atoms with Crippen molar-refractivity contribution in [3.63, 3.8) is 0 Å². The van der Waals surface area contributed by atoms with Crippen LogP contribution < -0.4 is 4.74 Å². The number of ether oxygens (including phenoxy) is 1. The smallest absolute Gasteiger partial charge is 0.308 e. The van der Waals surface area contributed by atoms with Crippen molar-refractivity contribution in [2.24, 2.45) is 13.0 Å². The Morgan fingerprint density at radius 2 is 2.11 bits per heavy atom. The Morgan fingerprint density at radius 1 is 1.28 bits per heavy atom. The number of carboxylic acid groups (broad SMARTS) is 1. The second kappa shape index (κ2) is 11.9. The molecule has 1 saturated heterocycles. The zero-order valence-corrected chi connectivity index (χ0v) is 21.6. The third-order valence-corrected chi connectivity index (χ3v) is 7.25. The summed E-state index contributed by atoms with van der Waals surface area (Å²) < 4.78 is 7.62. The van der Waals surface area contributed by atoms with Gasteiger partial charge in [0.15, 0.2) is 0 Å². The molecular weight excluding hydrogens is 460 g/mol. The molecule has 1 aromatic carbocycles. The Hall–Kier alpha value is -2.91. The third kappa shape index (κ3) is 5.73. The van der Waals surface area contributed by atoms with Crippen molar-refractivity contribution in [2.75, 3.05) is 32.8 Å². The number of nitrogens with zero attached hydrogens (tertiary/aromatic N) is 4. The van der Waals surface area contributed by atoms with Crippen LogP contribution in [-0.4, -0.2) is 75.4 Å². The molecule has 9 nitrogen and oxygen atoms in total. The van der Waals surface area contributed by atoms with Crippen molar-refractivity contribution < 1.29 is 24.3 Å². The van der Waals surface area contributed by atoms with Crippen LogP contribution in [0.4, 0.5) is 0 Å². The lowest BCUT2D eigenvalue weighted by atomic mass is 9.83. The SMILES string of the molecule is CCCON(CCC)C(=O)CN1C[C@H](c2ccc3c(c2)CCO3)C(C(=O)O)[C@@H]1CCc1nccn1C. The maximum atomic E-state index is 13.3. The number of imidazole rings is 1. The summed E-state index contributed by atoms with van der Waals surface area (Å²) >= 11 is 0. The van der Waals surface area contributed by atoms with Crippen LogP contribution in [0.1, 0.15) is 56.0 Å². The first kappa shape index (κ1) is 26.2. The van der Waals surface area contributed by atoms with Crippen molar-refractivity contribution in [1.82, 2.24) is 19.5 Å². The first-order valence-electron chi connectivity index (χ1n) is 13.0. The first-order chi connectivity index (χ1) is 17.4. The fourth-order valence-corrected chi connectivity index (χ4v) is 5.46. The molecule has 0 aliphatic carbocycles. The number of aliphatic carboxylic acids is 1. The van der Waals surface area contributed by atoms with Crippen molar-refractivity contribution in [2.45, 2.75) is 57.9 Å². The van der Waals surface area contributed by atoms with Crippen molar-refractivity contribution in [3.05, 3.63) is 47.5 Å². The molecule has 3 atom stereocenters. The number of amides is 1. The summed E-state index contributed by atoms with van der Waals surface area (Å²) in [4.78, 5) is 38.2. The van der Waals surface area contributed by atoms with Crippen LogP contribution in [0.25, 0.3) is 0 Å². The van der Waals surface area contributed by atoms with Gasteiger partial charge in [-0.25, -0.2) is 10.0 Å². The molecule has 2 aromatic rings. The highest BCUT2D eigenvalue weighted by molar-refractivity contribution is 5.78. The number of hydroxylamine groups is 2. The second-order valence-corrected chi connectivity index (χ2v) is 9.76. The molecule has 0 saturated carbocycles. The number of benzene rings is 1.